The Morgan fingerprint density at radius 3 is 2.00 bits per heavy atom. The lowest BCUT2D eigenvalue weighted by Crippen LogP contribution is -2.52. The lowest BCUT2D eigenvalue weighted by Gasteiger charge is -2.58. The number of benzene rings is 3. The Morgan fingerprint density at radius 2 is 1.41 bits per heavy atom. The van der Waals surface area contributed by atoms with Gasteiger partial charge in [-0.3, -0.25) is 4.79 Å². The molecule has 0 unspecified atom stereocenters. The van der Waals surface area contributed by atoms with E-state index in [1.165, 1.54) is 61.2 Å². The third kappa shape index (κ3) is 6.82. The number of carbonyl (C=O) groups excluding carboxylic acids is 1. The molecule has 4 aliphatic carbocycles. The maximum atomic E-state index is 14.2. The lowest BCUT2D eigenvalue weighted by molar-refractivity contribution is -0.272. The highest BCUT2D eigenvalue weighted by Gasteiger charge is 2.68. The van der Waals surface area contributed by atoms with E-state index in [4.69, 9.17) is 14.2 Å². The van der Waals surface area contributed by atoms with Crippen LogP contribution in [0.2, 0.25) is 0 Å². The van der Waals surface area contributed by atoms with Crippen LogP contribution in [-0.4, -0.2) is 36.7 Å². The summed E-state index contributed by atoms with van der Waals surface area (Å²) in [6, 6.07) is 19.5. The summed E-state index contributed by atoms with van der Waals surface area (Å²) in [7, 11) is -2.45. The summed E-state index contributed by atoms with van der Waals surface area (Å²) in [6.07, 6.45) is 14.8. The molecule has 3 aromatic rings. The first-order valence-corrected chi connectivity index (χ1v) is 24.2. The topological polar surface area (TPSA) is 44.8 Å². The normalized spacial score (nSPS) is 36.7. The van der Waals surface area contributed by atoms with Gasteiger partial charge in [0.05, 0.1) is 18.9 Å². The average Bonchev–Trinajstić information content (AvgIpc) is 3.66. The van der Waals surface area contributed by atoms with Crippen molar-refractivity contribution in [2.45, 2.75) is 123 Å². The maximum absolute atomic E-state index is 14.2. The van der Waals surface area contributed by atoms with Gasteiger partial charge in [0.25, 0.3) is 0 Å². The van der Waals surface area contributed by atoms with E-state index in [9.17, 15) is 18.0 Å². The van der Waals surface area contributed by atoms with Crippen molar-refractivity contribution in [3.05, 3.63) is 102 Å². The zero-order chi connectivity index (χ0) is 40.5. The van der Waals surface area contributed by atoms with E-state index in [-0.39, 0.29) is 46.1 Å². The third-order valence-electron chi connectivity index (χ3n) is 16.6. The third-order valence-corrected chi connectivity index (χ3v) is 21.1. The molecule has 4 nitrogen and oxygen atoms in total. The van der Waals surface area contributed by atoms with Crippen molar-refractivity contribution in [1.29, 1.82) is 0 Å². The highest BCUT2D eigenvalue weighted by atomic mass is 31.2. The van der Waals surface area contributed by atoms with Gasteiger partial charge in [-0.2, -0.15) is 0 Å². The van der Waals surface area contributed by atoms with Crippen LogP contribution < -0.4 is 15.9 Å². The molecule has 2 saturated heterocycles. The van der Waals surface area contributed by atoms with Gasteiger partial charge in [-0.1, -0.05) is 39.3 Å². The molecule has 0 aromatic heterocycles. The van der Waals surface area contributed by atoms with Crippen molar-refractivity contribution in [2.24, 2.45) is 46.3 Å². The molecule has 0 N–H and O–H groups in total. The summed E-state index contributed by atoms with van der Waals surface area (Å²) < 4.78 is 62.3. The predicted octanol–water partition coefficient (Wildman–Crippen LogP) is 10.8. The first-order chi connectivity index (χ1) is 27.8. The smallest absolute Gasteiger partial charge is 0.306 e. The molecule has 0 bridgehead atoms. The Kier molecular flexibility index (Phi) is 10.8. The van der Waals surface area contributed by atoms with Crippen molar-refractivity contribution in [2.75, 3.05) is 12.8 Å². The second-order valence-corrected chi connectivity index (χ2v) is 23.2. The fourth-order valence-electron chi connectivity index (χ4n) is 13.5. The van der Waals surface area contributed by atoms with Crippen LogP contribution in [-0.2, 0) is 19.0 Å². The molecule has 1 spiro atoms. The molecule has 9 rings (SSSR count). The van der Waals surface area contributed by atoms with Crippen molar-refractivity contribution in [3.63, 3.8) is 0 Å². The molecule has 2 heterocycles. The Labute approximate surface area is 344 Å². The van der Waals surface area contributed by atoms with Gasteiger partial charge < -0.3 is 14.2 Å². The van der Waals surface area contributed by atoms with Gasteiger partial charge in [0.2, 0.25) is 0 Å². The summed E-state index contributed by atoms with van der Waals surface area (Å²) in [6.45, 7) is 10.6. The largest absolute Gasteiger partial charge is 0.462 e. The molecule has 58 heavy (non-hydrogen) atoms. The highest BCUT2D eigenvalue weighted by molar-refractivity contribution is 7.95. The van der Waals surface area contributed by atoms with Crippen LogP contribution in [0, 0.1) is 63.8 Å². The van der Waals surface area contributed by atoms with Crippen LogP contribution in [0.4, 0.5) is 13.2 Å². The molecule has 3 aromatic carbocycles. The van der Waals surface area contributed by atoms with Gasteiger partial charge in [0, 0.05) is 25.2 Å². The number of unbranched alkanes of at least 4 members (excludes halogenated alkanes) is 1. The quantitative estimate of drug-likeness (QED) is 0.0934. The molecule has 0 radical (unpaired) electrons. The fourth-order valence-corrected chi connectivity index (χ4v) is 17.9. The van der Waals surface area contributed by atoms with Gasteiger partial charge in [0.15, 0.2) is 5.79 Å². The molecule has 5 fully saturated rings. The summed E-state index contributed by atoms with van der Waals surface area (Å²) in [5, 5.41) is 2.80. The molecule has 6 aliphatic rings. The minimum absolute atomic E-state index is 0.101. The van der Waals surface area contributed by atoms with Gasteiger partial charge in [-0.05, 0) is 171 Å². The molecule has 2 aliphatic heterocycles. The van der Waals surface area contributed by atoms with E-state index in [1.807, 2.05) is 0 Å². The number of ether oxygens (including phenoxy) is 3. The first kappa shape index (κ1) is 40.4. The Morgan fingerprint density at radius 1 is 0.793 bits per heavy atom. The van der Waals surface area contributed by atoms with Crippen LogP contribution >= 0.6 is 7.26 Å². The van der Waals surface area contributed by atoms with Crippen molar-refractivity contribution < 1.29 is 32.2 Å². The van der Waals surface area contributed by atoms with E-state index in [2.05, 4.69) is 33.8 Å². The second-order valence-electron chi connectivity index (χ2n) is 19.6. The second kappa shape index (κ2) is 15.5. The molecule has 11 atom stereocenters. The van der Waals surface area contributed by atoms with E-state index in [0.717, 1.165) is 61.0 Å². The van der Waals surface area contributed by atoms with Crippen molar-refractivity contribution >= 4 is 29.1 Å². The van der Waals surface area contributed by atoms with E-state index < -0.39 is 7.26 Å². The van der Waals surface area contributed by atoms with Gasteiger partial charge in [-0.15, -0.1) is 0 Å². The molecule has 0 amide bonds. The summed E-state index contributed by atoms with van der Waals surface area (Å²) in [5.41, 5.74) is 1.93. The van der Waals surface area contributed by atoms with E-state index in [0.29, 0.717) is 67.0 Å². The zero-order valence-corrected chi connectivity index (χ0v) is 35.6. The number of rotatable bonds is 9. The minimum Gasteiger partial charge on any atom is -0.462 e. The molecule has 3 saturated carbocycles. The number of esters is 1. The molecule has 310 valence electrons. The number of fused-ring (bicyclic) bond motifs is 7. The van der Waals surface area contributed by atoms with Crippen molar-refractivity contribution in [1.82, 2.24) is 0 Å². The van der Waals surface area contributed by atoms with Crippen LogP contribution in [0.3, 0.4) is 0 Å². The SMILES string of the molecule is C[C@@H]1CC[C@@]2(OC1)O[C@H]1C[C@H]3[C@@H]4CC=C5C[C@@H](OC(=O)CCCC[P+](c6ccc(F)cc6)(c6ccc(F)cc6)c6ccc(F)cc6)CC[C@]5(C)[C@H]4CC[C@]3(C)[C@H]1[C@@H]2C. The van der Waals surface area contributed by atoms with Gasteiger partial charge >= 0.3 is 5.97 Å². The van der Waals surface area contributed by atoms with Crippen LogP contribution in [0.5, 0.6) is 0 Å². The number of hydrogen-bond donors (Lipinski definition) is 0. The predicted molar refractivity (Wildman–Crippen MR) is 225 cm³/mol. The van der Waals surface area contributed by atoms with E-state index in [1.54, 1.807) is 36.4 Å². The van der Waals surface area contributed by atoms with Gasteiger partial charge in [-0.25, -0.2) is 13.2 Å². The van der Waals surface area contributed by atoms with Gasteiger partial charge in [0.1, 0.15) is 46.7 Å². The zero-order valence-electron chi connectivity index (χ0n) is 34.7. The van der Waals surface area contributed by atoms with Crippen LogP contribution in [0.25, 0.3) is 0 Å². The number of halogens is 3. The summed E-state index contributed by atoms with van der Waals surface area (Å²) in [4.78, 5) is 13.5. The molecular weight excluding hydrogens is 753 g/mol. The highest BCUT2D eigenvalue weighted by Crippen LogP contribution is 2.70. The number of hydrogen-bond acceptors (Lipinski definition) is 4. The molecular formula is C50H61F3O4P+. The maximum Gasteiger partial charge on any atom is 0.306 e. The fraction of sp³-hybridized carbons (Fsp3) is 0.580. The minimum atomic E-state index is -2.45. The lowest BCUT2D eigenvalue weighted by atomic mass is 9.47. The number of allylic oxidation sites excluding steroid dienone is 1. The van der Waals surface area contributed by atoms with Crippen LogP contribution in [0.15, 0.2) is 84.4 Å². The number of carbonyl (C=O) groups is 1. The van der Waals surface area contributed by atoms with Crippen LogP contribution in [0.1, 0.15) is 105 Å². The standard InChI is InChI=1S/C50H61F3O4P/c1-32-22-27-50(55-31-32)33(2)47-45(57-50)30-44-42-21-8-34-29-38(23-25-48(34,3)43(42)24-26-49(44,47)4)56-46(54)7-5-6-28-58(39-15-9-35(51)10-16-39,40-17-11-36(52)12-18-40)41-19-13-37(53)14-20-41/h8-20,32-33,38,42-45,47H,5-7,21-31H2,1-4H3/q+1/t32-,33+,38+,42-,43+,44+,45+,47+,48+,49+,50-/m1/s1. The Balaban J connectivity index is 0.840. The average molecular weight is 814 g/mol. The van der Waals surface area contributed by atoms with E-state index >= 15 is 0 Å². The monoisotopic (exact) mass is 813 g/mol. The summed E-state index contributed by atoms with van der Waals surface area (Å²) in [5.74, 6) is 2.05. The Hall–Kier alpha value is -2.99. The Bertz CT molecular complexity index is 1880. The summed E-state index contributed by atoms with van der Waals surface area (Å²) >= 11 is 0. The first-order valence-electron chi connectivity index (χ1n) is 22.2. The molecule has 8 heteroatoms. The van der Waals surface area contributed by atoms with Crippen molar-refractivity contribution in [3.8, 4) is 0 Å².